The van der Waals surface area contributed by atoms with Crippen molar-refractivity contribution in [2.75, 3.05) is 0 Å². The van der Waals surface area contributed by atoms with E-state index in [1.165, 1.54) is 5.57 Å². The summed E-state index contributed by atoms with van der Waals surface area (Å²) >= 11 is 0. The van der Waals surface area contributed by atoms with Gasteiger partial charge in [-0.3, -0.25) is 4.79 Å². The van der Waals surface area contributed by atoms with Crippen LogP contribution in [0.5, 0.6) is 0 Å². The van der Waals surface area contributed by atoms with Gasteiger partial charge in [0.2, 0.25) is 0 Å². The largest absolute Gasteiger partial charge is 0.481 e. The molecule has 3 fully saturated rings. The zero-order valence-electron chi connectivity index (χ0n) is 18.1. The molecule has 0 amide bonds. The predicted octanol–water partition coefficient (Wildman–Crippen LogP) is 3.37. The van der Waals surface area contributed by atoms with Gasteiger partial charge in [-0.05, 0) is 85.4 Å². The number of fused-ring (bicyclic) bond motifs is 5. The molecule has 0 radical (unpaired) electrons. The number of aliphatic hydroxyl groups is 3. The van der Waals surface area contributed by atoms with E-state index >= 15 is 0 Å². The molecule has 0 spiro atoms. The fourth-order valence-electron chi connectivity index (χ4n) is 8.12. The summed E-state index contributed by atoms with van der Waals surface area (Å²) in [5, 5.41) is 41.9. The Morgan fingerprint density at radius 1 is 1.17 bits per heavy atom. The summed E-state index contributed by atoms with van der Waals surface area (Å²) < 4.78 is 0. The average molecular weight is 407 g/mol. The molecule has 4 N–H and O–H groups in total. The third-order valence-electron chi connectivity index (χ3n) is 9.78. The lowest BCUT2D eigenvalue weighted by Gasteiger charge is -2.61. The first-order valence-electron chi connectivity index (χ1n) is 11.6. The molecule has 5 heteroatoms. The van der Waals surface area contributed by atoms with Gasteiger partial charge in [-0.2, -0.15) is 0 Å². The minimum atomic E-state index is -0.756. The Kier molecular flexibility index (Phi) is 5.40. The highest BCUT2D eigenvalue weighted by molar-refractivity contribution is 5.66. The van der Waals surface area contributed by atoms with E-state index in [1.54, 1.807) is 0 Å². The van der Waals surface area contributed by atoms with Crippen LogP contribution in [0.1, 0.15) is 72.1 Å². The van der Waals surface area contributed by atoms with Crippen molar-refractivity contribution in [2.45, 2.75) is 90.4 Å². The Morgan fingerprint density at radius 2 is 1.90 bits per heavy atom. The lowest BCUT2D eigenvalue weighted by Crippen LogP contribution is -2.59. The van der Waals surface area contributed by atoms with Gasteiger partial charge in [0.15, 0.2) is 0 Å². The molecule has 5 nitrogen and oxygen atoms in total. The third kappa shape index (κ3) is 3.19. The molecule has 4 rings (SSSR count). The molecule has 3 saturated carbocycles. The third-order valence-corrected chi connectivity index (χ3v) is 9.78. The zero-order chi connectivity index (χ0) is 21.1. The maximum atomic E-state index is 11.5. The van der Waals surface area contributed by atoms with Crippen LogP contribution in [-0.2, 0) is 4.79 Å². The van der Waals surface area contributed by atoms with Gasteiger partial charge in [-0.15, -0.1) is 0 Å². The molecule has 164 valence electrons. The summed E-state index contributed by atoms with van der Waals surface area (Å²) in [4.78, 5) is 11.1. The molecule has 10 atom stereocenters. The maximum absolute atomic E-state index is 11.5. The number of carbonyl (C=O) groups is 1. The van der Waals surface area contributed by atoms with Crippen molar-refractivity contribution in [3.05, 3.63) is 11.6 Å². The van der Waals surface area contributed by atoms with E-state index in [9.17, 15) is 20.1 Å². The Balaban J connectivity index is 1.64. The summed E-state index contributed by atoms with van der Waals surface area (Å²) in [5.41, 5.74) is 0.874. The van der Waals surface area contributed by atoms with Crippen molar-refractivity contribution in [3.63, 3.8) is 0 Å². The average Bonchev–Trinajstić information content (AvgIpc) is 3.01. The molecule has 4 aliphatic carbocycles. The maximum Gasteiger partial charge on any atom is 0.303 e. The number of aliphatic carboxylic acids is 1. The van der Waals surface area contributed by atoms with Gasteiger partial charge < -0.3 is 20.4 Å². The van der Waals surface area contributed by atoms with Gasteiger partial charge in [-0.25, -0.2) is 0 Å². The molecule has 10 unspecified atom stereocenters. The second kappa shape index (κ2) is 7.35. The van der Waals surface area contributed by atoms with Crippen molar-refractivity contribution < 1.29 is 25.2 Å². The number of hydrogen-bond donors (Lipinski definition) is 4. The van der Waals surface area contributed by atoms with Crippen molar-refractivity contribution in [2.24, 2.45) is 40.4 Å². The van der Waals surface area contributed by atoms with Gasteiger partial charge in [0.25, 0.3) is 0 Å². The van der Waals surface area contributed by atoms with Crippen LogP contribution in [0.15, 0.2) is 11.6 Å². The topological polar surface area (TPSA) is 98.0 Å². The van der Waals surface area contributed by atoms with Crippen LogP contribution in [0.4, 0.5) is 0 Å². The van der Waals surface area contributed by atoms with Crippen LogP contribution in [0, 0.1) is 40.4 Å². The number of aliphatic hydroxyl groups excluding tert-OH is 3. The number of hydrogen-bond acceptors (Lipinski definition) is 4. The first-order valence-corrected chi connectivity index (χ1v) is 11.6. The number of carboxylic acid groups (broad SMARTS) is 1. The van der Waals surface area contributed by atoms with E-state index in [2.05, 4.69) is 20.8 Å². The molecule has 29 heavy (non-hydrogen) atoms. The summed E-state index contributed by atoms with van der Waals surface area (Å²) in [7, 11) is 0. The lowest BCUT2D eigenvalue weighted by molar-refractivity contribution is -0.158. The first-order chi connectivity index (χ1) is 13.6. The molecule has 0 aromatic rings. The van der Waals surface area contributed by atoms with Gasteiger partial charge in [0.1, 0.15) is 0 Å². The highest BCUT2D eigenvalue weighted by Crippen LogP contribution is 2.67. The van der Waals surface area contributed by atoms with E-state index in [0.29, 0.717) is 25.2 Å². The molecule has 0 aromatic heterocycles. The normalized spacial score (nSPS) is 50.1. The molecular weight excluding hydrogens is 368 g/mol. The van der Waals surface area contributed by atoms with Crippen molar-refractivity contribution in [3.8, 4) is 0 Å². The van der Waals surface area contributed by atoms with Crippen LogP contribution in [0.2, 0.25) is 0 Å². The Bertz CT molecular complexity index is 689. The van der Waals surface area contributed by atoms with Crippen LogP contribution in [-0.4, -0.2) is 44.7 Å². The highest BCUT2D eigenvalue weighted by Gasteiger charge is 2.64. The van der Waals surface area contributed by atoms with E-state index in [4.69, 9.17) is 5.11 Å². The van der Waals surface area contributed by atoms with Crippen molar-refractivity contribution >= 4 is 5.97 Å². The van der Waals surface area contributed by atoms with E-state index in [0.717, 1.165) is 25.7 Å². The minimum Gasteiger partial charge on any atom is -0.481 e. The molecule has 0 saturated heterocycles. The monoisotopic (exact) mass is 406 g/mol. The van der Waals surface area contributed by atoms with Crippen LogP contribution < -0.4 is 0 Å². The molecule has 0 aromatic carbocycles. The molecule has 0 heterocycles. The summed E-state index contributed by atoms with van der Waals surface area (Å²) in [5.74, 6) is 0.426. The van der Waals surface area contributed by atoms with Gasteiger partial charge in [0.05, 0.1) is 18.3 Å². The van der Waals surface area contributed by atoms with Crippen LogP contribution >= 0.6 is 0 Å². The smallest absolute Gasteiger partial charge is 0.303 e. The second-order valence-electron chi connectivity index (χ2n) is 11.0. The fraction of sp³-hybridized carbons (Fsp3) is 0.875. The Hall–Kier alpha value is -0.910. The summed E-state index contributed by atoms with van der Waals surface area (Å²) in [6.07, 6.45) is 6.64. The fourth-order valence-corrected chi connectivity index (χ4v) is 8.12. The highest BCUT2D eigenvalue weighted by atomic mass is 16.4. The van der Waals surface area contributed by atoms with Gasteiger partial charge in [-0.1, -0.05) is 32.4 Å². The lowest BCUT2D eigenvalue weighted by atomic mass is 9.45. The zero-order valence-corrected chi connectivity index (χ0v) is 18.1. The van der Waals surface area contributed by atoms with Gasteiger partial charge in [0, 0.05) is 6.42 Å². The molecule has 0 bridgehead atoms. The molecular formula is C24H38O5. The van der Waals surface area contributed by atoms with E-state index < -0.39 is 18.2 Å². The van der Waals surface area contributed by atoms with Gasteiger partial charge >= 0.3 is 5.97 Å². The second-order valence-corrected chi connectivity index (χ2v) is 11.0. The molecule has 4 aliphatic rings. The first kappa shape index (κ1) is 21.3. The van der Waals surface area contributed by atoms with Crippen molar-refractivity contribution in [1.82, 2.24) is 0 Å². The van der Waals surface area contributed by atoms with Crippen molar-refractivity contribution in [1.29, 1.82) is 0 Å². The Labute approximate surface area is 174 Å². The van der Waals surface area contributed by atoms with E-state index in [1.807, 2.05) is 6.08 Å². The number of rotatable bonds is 4. The quantitative estimate of drug-likeness (QED) is 0.537. The Morgan fingerprint density at radius 3 is 2.59 bits per heavy atom. The molecule has 0 aliphatic heterocycles. The van der Waals surface area contributed by atoms with E-state index in [-0.39, 0.29) is 47.0 Å². The SMILES string of the molecule is CC(CCC(=O)O)C1CCC2C3C(O)C=C4CC(O)CCC4(C)C3CC(O)C12C. The minimum absolute atomic E-state index is 0.0432. The number of carboxylic acids is 1. The summed E-state index contributed by atoms with van der Waals surface area (Å²) in [6.45, 7) is 6.62. The summed E-state index contributed by atoms with van der Waals surface area (Å²) in [6, 6.07) is 0. The predicted molar refractivity (Wildman–Crippen MR) is 110 cm³/mol. The standard InChI is InChI=1S/C24H38O5/c1-13(4-7-21(28)29)16-5-6-17-22-18(12-20(27)24(16,17)3)23(2)9-8-15(25)10-14(23)11-19(22)26/h11,13,15-20,22,25-27H,4-10,12H2,1-3H3,(H,28,29). The van der Waals surface area contributed by atoms with Crippen LogP contribution in [0.25, 0.3) is 0 Å². The van der Waals surface area contributed by atoms with Crippen LogP contribution in [0.3, 0.4) is 0 Å².